The van der Waals surface area contributed by atoms with Crippen molar-refractivity contribution in [1.29, 1.82) is 0 Å². The summed E-state index contributed by atoms with van der Waals surface area (Å²) in [7, 11) is 0. The lowest BCUT2D eigenvalue weighted by atomic mass is 9.91. The summed E-state index contributed by atoms with van der Waals surface area (Å²) in [5.41, 5.74) is 1.02. The second kappa shape index (κ2) is 9.08. The van der Waals surface area contributed by atoms with E-state index in [0.29, 0.717) is 34.1 Å². The van der Waals surface area contributed by atoms with Crippen molar-refractivity contribution >= 4 is 21.9 Å². The van der Waals surface area contributed by atoms with Gasteiger partial charge in [0.2, 0.25) is 0 Å². The Kier molecular flexibility index (Phi) is 6.76. The van der Waals surface area contributed by atoms with Gasteiger partial charge in [0, 0.05) is 11.1 Å². The topological polar surface area (TPSA) is 35.5 Å². The van der Waals surface area contributed by atoms with Gasteiger partial charge in [0.05, 0.1) is 11.1 Å². The lowest BCUT2D eigenvalue weighted by molar-refractivity contribution is 0.0728. The minimum atomic E-state index is -0.611. The van der Waals surface area contributed by atoms with Crippen molar-refractivity contribution in [2.75, 3.05) is 6.61 Å². The van der Waals surface area contributed by atoms with E-state index in [9.17, 15) is 4.79 Å². The highest BCUT2D eigenvalue weighted by molar-refractivity contribution is 9.10. The maximum Gasteiger partial charge on any atom is 0.347 e. The standard InChI is InChI=1S/C23H26BrFO3/c1-4-5-13-27-22-19(23(26)28-17-9-7-6-8-10-17)15(3)21(25)18(20(22)24)14(2)16-11-12-16/h6-10,14,16H,4-5,11-13H2,1-3H3. The van der Waals surface area contributed by atoms with Gasteiger partial charge < -0.3 is 9.47 Å². The zero-order valence-electron chi connectivity index (χ0n) is 16.6. The van der Waals surface area contributed by atoms with Gasteiger partial charge in [0.25, 0.3) is 0 Å². The molecule has 0 bridgehead atoms. The minimum Gasteiger partial charge on any atom is -0.491 e. The van der Waals surface area contributed by atoms with Crippen LogP contribution in [0.4, 0.5) is 4.39 Å². The molecule has 0 amide bonds. The molecule has 0 spiro atoms. The summed E-state index contributed by atoms with van der Waals surface area (Å²) in [6.45, 7) is 6.19. The minimum absolute atomic E-state index is 0.0702. The SMILES string of the molecule is CCCCOc1c(Br)c(C(C)C2CC2)c(F)c(C)c1C(=O)Oc1ccccc1. The first-order valence-corrected chi connectivity index (χ1v) is 10.7. The van der Waals surface area contributed by atoms with E-state index < -0.39 is 5.97 Å². The Bertz CT molecular complexity index is 847. The Morgan fingerprint density at radius 1 is 1.29 bits per heavy atom. The quantitative estimate of drug-likeness (QED) is 0.252. The van der Waals surface area contributed by atoms with Crippen LogP contribution in [0.1, 0.15) is 66.9 Å². The van der Waals surface area contributed by atoms with Crippen LogP contribution in [0.3, 0.4) is 0 Å². The summed E-state index contributed by atoms with van der Waals surface area (Å²) < 4.78 is 27.3. The monoisotopic (exact) mass is 448 g/mol. The molecule has 2 aromatic rings. The van der Waals surface area contributed by atoms with E-state index in [1.54, 1.807) is 31.2 Å². The summed E-state index contributed by atoms with van der Waals surface area (Å²) in [5, 5.41) is 0. The molecular weight excluding hydrogens is 423 g/mol. The molecule has 0 aliphatic heterocycles. The Morgan fingerprint density at radius 3 is 2.57 bits per heavy atom. The van der Waals surface area contributed by atoms with E-state index in [1.807, 2.05) is 13.0 Å². The van der Waals surface area contributed by atoms with E-state index >= 15 is 4.39 Å². The first kappa shape index (κ1) is 20.8. The second-order valence-electron chi connectivity index (χ2n) is 7.40. The summed E-state index contributed by atoms with van der Waals surface area (Å²) in [6.07, 6.45) is 4.03. The third-order valence-corrected chi connectivity index (χ3v) is 6.08. The molecule has 0 saturated heterocycles. The maximum absolute atomic E-state index is 15.3. The lowest BCUT2D eigenvalue weighted by Gasteiger charge is -2.22. The van der Waals surface area contributed by atoms with Crippen LogP contribution in [0, 0.1) is 18.7 Å². The molecule has 3 rings (SSSR count). The Hall–Kier alpha value is -1.88. The number of rotatable bonds is 8. The van der Waals surface area contributed by atoms with Crippen molar-refractivity contribution in [3.8, 4) is 11.5 Å². The zero-order valence-corrected chi connectivity index (χ0v) is 18.1. The highest BCUT2D eigenvalue weighted by Crippen LogP contribution is 2.49. The molecule has 28 heavy (non-hydrogen) atoms. The van der Waals surface area contributed by atoms with Gasteiger partial charge in [0.1, 0.15) is 22.9 Å². The van der Waals surface area contributed by atoms with Gasteiger partial charge in [-0.3, -0.25) is 0 Å². The van der Waals surface area contributed by atoms with Crippen LogP contribution in [-0.4, -0.2) is 12.6 Å². The van der Waals surface area contributed by atoms with Gasteiger partial charge in [-0.05, 0) is 66.1 Å². The Morgan fingerprint density at radius 2 is 1.96 bits per heavy atom. The molecule has 0 heterocycles. The van der Waals surface area contributed by atoms with Crippen LogP contribution in [0.15, 0.2) is 34.8 Å². The molecule has 0 radical (unpaired) electrons. The zero-order chi connectivity index (χ0) is 20.3. The van der Waals surface area contributed by atoms with Crippen LogP contribution >= 0.6 is 15.9 Å². The van der Waals surface area contributed by atoms with Gasteiger partial charge in [-0.1, -0.05) is 38.5 Å². The van der Waals surface area contributed by atoms with Crippen LogP contribution in [0.2, 0.25) is 0 Å². The van der Waals surface area contributed by atoms with Crippen LogP contribution < -0.4 is 9.47 Å². The number of hydrogen-bond acceptors (Lipinski definition) is 3. The van der Waals surface area contributed by atoms with Gasteiger partial charge in [-0.25, -0.2) is 9.18 Å². The molecule has 0 aromatic heterocycles. The number of benzene rings is 2. The van der Waals surface area contributed by atoms with Crippen molar-refractivity contribution in [2.45, 2.75) is 52.4 Å². The number of hydrogen-bond donors (Lipinski definition) is 0. The maximum atomic E-state index is 15.3. The predicted octanol–water partition coefficient (Wildman–Crippen LogP) is 6.81. The van der Waals surface area contributed by atoms with Crippen LogP contribution in [0.25, 0.3) is 0 Å². The molecular formula is C23H26BrFO3. The molecule has 1 atom stereocenters. The number of unbranched alkanes of at least 4 members (excludes halogenated alkanes) is 1. The molecule has 1 aliphatic carbocycles. The van der Waals surface area contributed by atoms with Crippen LogP contribution in [-0.2, 0) is 0 Å². The Labute approximate surface area is 174 Å². The van der Waals surface area contributed by atoms with Gasteiger partial charge >= 0.3 is 5.97 Å². The predicted molar refractivity (Wildman–Crippen MR) is 112 cm³/mol. The molecule has 3 nitrogen and oxygen atoms in total. The van der Waals surface area contributed by atoms with Crippen molar-refractivity contribution in [3.63, 3.8) is 0 Å². The number of carbonyl (C=O) groups is 1. The second-order valence-corrected chi connectivity index (χ2v) is 8.19. The first-order valence-electron chi connectivity index (χ1n) is 9.87. The largest absolute Gasteiger partial charge is 0.491 e. The summed E-state index contributed by atoms with van der Waals surface area (Å²) in [6, 6.07) is 8.79. The molecule has 0 N–H and O–H groups in total. The molecule has 2 aromatic carbocycles. The fourth-order valence-corrected chi connectivity index (χ4v) is 4.24. The summed E-state index contributed by atoms with van der Waals surface area (Å²) >= 11 is 3.55. The number of carbonyl (C=O) groups excluding carboxylic acids is 1. The third kappa shape index (κ3) is 4.40. The van der Waals surface area contributed by atoms with E-state index in [4.69, 9.17) is 9.47 Å². The molecule has 5 heteroatoms. The highest BCUT2D eigenvalue weighted by atomic mass is 79.9. The fourth-order valence-electron chi connectivity index (χ4n) is 3.39. The average Bonchev–Trinajstić information content (AvgIpc) is 3.52. The van der Waals surface area contributed by atoms with E-state index in [1.165, 1.54) is 0 Å². The van der Waals surface area contributed by atoms with Crippen molar-refractivity contribution in [1.82, 2.24) is 0 Å². The summed E-state index contributed by atoms with van der Waals surface area (Å²) in [5.74, 6) is 0.389. The van der Waals surface area contributed by atoms with Crippen LogP contribution in [0.5, 0.6) is 11.5 Å². The Balaban J connectivity index is 2.04. The van der Waals surface area contributed by atoms with E-state index in [0.717, 1.165) is 25.7 Å². The molecule has 150 valence electrons. The third-order valence-electron chi connectivity index (χ3n) is 5.29. The van der Waals surface area contributed by atoms with E-state index in [2.05, 4.69) is 22.9 Å². The molecule has 1 saturated carbocycles. The number of halogens is 2. The van der Waals surface area contributed by atoms with Crippen molar-refractivity contribution in [3.05, 3.63) is 57.3 Å². The molecule has 1 fully saturated rings. The average molecular weight is 449 g/mol. The van der Waals surface area contributed by atoms with Crippen molar-refractivity contribution in [2.24, 2.45) is 5.92 Å². The lowest BCUT2D eigenvalue weighted by Crippen LogP contribution is -2.17. The van der Waals surface area contributed by atoms with E-state index in [-0.39, 0.29) is 22.9 Å². The molecule has 1 unspecified atom stereocenters. The first-order chi connectivity index (χ1) is 13.5. The molecule has 1 aliphatic rings. The van der Waals surface area contributed by atoms with Gasteiger partial charge in [-0.15, -0.1) is 0 Å². The van der Waals surface area contributed by atoms with Crippen molar-refractivity contribution < 1.29 is 18.7 Å². The highest BCUT2D eigenvalue weighted by Gasteiger charge is 2.36. The number of esters is 1. The number of para-hydroxylation sites is 1. The fraction of sp³-hybridized carbons (Fsp3) is 0.435. The summed E-state index contributed by atoms with van der Waals surface area (Å²) in [4.78, 5) is 12.9. The van der Waals surface area contributed by atoms with Gasteiger partial charge in [-0.2, -0.15) is 0 Å². The normalized spacial score (nSPS) is 14.6. The number of ether oxygens (including phenoxy) is 2. The smallest absolute Gasteiger partial charge is 0.347 e. The van der Waals surface area contributed by atoms with Gasteiger partial charge in [0.15, 0.2) is 0 Å².